The van der Waals surface area contributed by atoms with E-state index in [4.69, 9.17) is 10.5 Å². The summed E-state index contributed by atoms with van der Waals surface area (Å²) >= 11 is 0. The summed E-state index contributed by atoms with van der Waals surface area (Å²) in [4.78, 5) is 2.13. The van der Waals surface area contributed by atoms with Gasteiger partial charge in [-0.3, -0.25) is 0 Å². The number of likely N-dealkylation sites (N-methyl/N-ethyl adjacent to an activating group) is 1. The lowest BCUT2D eigenvalue weighted by atomic mass is 10.1. The molecular weight excluding hydrogens is 328 g/mol. The number of anilines is 1. The maximum absolute atomic E-state index is 12.6. The van der Waals surface area contributed by atoms with E-state index >= 15 is 0 Å². The van der Waals surface area contributed by atoms with E-state index in [2.05, 4.69) is 4.90 Å². The maximum Gasteiger partial charge on any atom is 0.418 e. The fourth-order valence-electron chi connectivity index (χ4n) is 1.70. The zero-order valence-electron chi connectivity index (χ0n) is 11.9. The van der Waals surface area contributed by atoms with Gasteiger partial charge in [0.15, 0.2) is 0 Å². The smallest absolute Gasteiger partial charge is 0.418 e. The van der Waals surface area contributed by atoms with Crippen LogP contribution >= 0.6 is 24.8 Å². The summed E-state index contributed by atoms with van der Waals surface area (Å²) in [6, 6.07) is 3.61. The molecule has 0 bridgehead atoms. The van der Waals surface area contributed by atoms with E-state index in [-0.39, 0.29) is 36.3 Å². The SMILES string of the molecule is CCN(CC)CCOc1ccc(N)c(C(F)(F)F)c1.Cl.Cl. The normalized spacial score (nSPS) is 10.8. The fourth-order valence-corrected chi connectivity index (χ4v) is 1.70. The molecule has 1 aromatic carbocycles. The molecule has 0 aliphatic rings. The second-order valence-electron chi connectivity index (χ2n) is 4.12. The minimum absolute atomic E-state index is 0. The van der Waals surface area contributed by atoms with Crippen LogP contribution in [0.2, 0.25) is 0 Å². The van der Waals surface area contributed by atoms with E-state index in [1.807, 2.05) is 13.8 Å². The van der Waals surface area contributed by atoms with Crippen LogP contribution in [0.3, 0.4) is 0 Å². The molecule has 0 fully saturated rings. The lowest BCUT2D eigenvalue weighted by Gasteiger charge is -2.18. The Morgan fingerprint density at radius 2 is 1.71 bits per heavy atom. The molecule has 3 nitrogen and oxygen atoms in total. The molecular formula is C13H21Cl2F3N2O. The van der Waals surface area contributed by atoms with Gasteiger partial charge in [-0.05, 0) is 31.3 Å². The van der Waals surface area contributed by atoms with Gasteiger partial charge in [0.1, 0.15) is 12.4 Å². The Morgan fingerprint density at radius 3 is 2.19 bits per heavy atom. The summed E-state index contributed by atoms with van der Waals surface area (Å²) in [7, 11) is 0. The molecule has 0 atom stereocenters. The van der Waals surface area contributed by atoms with Crippen molar-refractivity contribution in [3.63, 3.8) is 0 Å². The van der Waals surface area contributed by atoms with Gasteiger partial charge in [0.05, 0.1) is 5.56 Å². The van der Waals surface area contributed by atoms with Gasteiger partial charge >= 0.3 is 6.18 Å². The Balaban J connectivity index is 0. The molecule has 2 N–H and O–H groups in total. The molecule has 0 amide bonds. The number of ether oxygens (including phenoxy) is 1. The number of alkyl halides is 3. The molecule has 0 aliphatic heterocycles. The Morgan fingerprint density at radius 1 is 1.14 bits per heavy atom. The molecule has 124 valence electrons. The summed E-state index contributed by atoms with van der Waals surface area (Å²) in [5, 5.41) is 0. The third kappa shape index (κ3) is 7.11. The molecule has 0 radical (unpaired) electrons. The Kier molecular flexibility index (Phi) is 10.7. The summed E-state index contributed by atoms with van der Waals surface area (Å²) < 4.78 is 43.3. The second-order valence-corrected chi connectivity index (χ2v) is 4.12. The number of halogens is 5. The van der Waals surface area contributed by atoms with Crippen LogP contribution in [0.1, 0.15) is 19.4 Å². The standard InChI is InChI=1S/C13H19F3N2O.2ClH/c1-3-18(4-2)7-8-19-10-5-6-12(17)11(9-10)13(14,15)16;;/h5-6,9H,3-4,7-8,17H2,1-2H3;2*1H. The van der Waals surface area contributed by atoms with Gasteiger partial charge < -0.3 is 15.4 Å². The predicted octanol–water partition coefficient (Wildman–Crippen LogP) is 3.85. The summed E-state index contributed by atoms with van der Waals surface area (Å²) in [5.74, 6) is 0.189. The van der Waals surface area contributed by atoms with Gasteiger partial charge in [0.2, 0.25) is 0 Å². The number of benzene rings is 1. The second kappa shape index (κ2) is 9.97. The van der Waals surface area contributed by atoms with Crippen molar-refractivity contribution in [1.29, 1.82) is 0 Å². The lowest BCUT2D eigenvalue weighted by molar-refractivity contribution is -0.137. The van der Waals surface area contributed by atoms with Crippen LogP contribution in [0.5, 0.6) is 5.75 Å². The van der Waals surface area contributed by atoms with Gasteiger partial charge in [-0.2, -0.15) is 13.2 Å². The highest BCUT2D eigenvalue weighted by Crippen LogP contribution is 2.35. The molecule has 0 aliphatic carbocycles. The third-order valence-electron chi connectivity index (χ3n) is 2.90. The monoisotopic (exact) mass is 348 g/mol. The number of rotatable bonds is 6. The molecule has 0 saturated carbocycles. The average molecular weight is 349 g/mol. The van der Waals surface area contributed by atoms with Gasteiger partial charge in [-0.1, -0.05) is 13.8 Å². The van der Waals surface area contributed by atoms with Crippen molar-refractivity contribution in [2.45, 2.75) is 20.0 Å². The van der Waals surface area contributed by atoms with Crippen molar-refractivity contribution in [1.82, 2.24) is 4.90 Å². The van der Waals surface area contributed by atoms with Crippen molar-refractivity contribution >= 4 is 30.5 Å². The Hall–Kier alpha value is -0.850. The van der Waals surface area contributed by atoms with Gasteiger partial charge in [-0.15, -0.1) is 24.8 Å². The summed E-state index contributed by atoms with van der Waals surface area (Å²) in [5.41, 5.74) is 4.17. The number of nitrogen functional groups attached to an aromatic ring is 1. The van der Waals surface area contributed by atoms with Crippen LogP contribution in [-0.4, -0.2) is 31.1 Å². The van der Waals surface area contributed by atoms with E-state index in [9.17, 15) is 13.2 Å². The van der Waals surface area contributed by atoms with Crippen LogP contribution in [0.15, 0.2) is 18.2 Å². The van der Waals surface area contributed by atoms with Gasteiger partial charge in [-0.25, -0.2) is 0 Å². The van der Waals surface area contributed by atoms with Crippen molar-refractivity contribution in [2.75, 3.05) is 32.0 Å². The molecule has 1 rings (SSSR count). The maximum atomic E-state index is 12.6. The fraction of sp³-hybridized carbons (Fsp3) is 0.538. The van der Waals surface area contributed by atoms with E-state index in [0.29, 0.717) is 13.2 Å². The molecule has 0 unspecified atom stereocenters. The minimum Gasteiger partial charge on any atom is -0.492 e. The van der Waals surface area contributed by atoms with Crippen LogP contribution in [0, 0.1) is 0 Å². The van der Waals surface area contributed by atoms with Crippen molar-refractivity contribution < 1.29 is 17.9 Å². The zero-order valence-corrected chi connectivity index (χ0v) is 13.6. The molecule has 0 heterocycles. The van der Waals surface area contributed by atoms with Gasteiger partial charge in [0.25, 0.3) is 0 Å². The molecule has 8 heteroatoms. The molecule has 1 aromatic rings. The van der Waals surface area contributed by atoms with Crippen LogP contribution < -0.4 is 10.5 Å². The highest BCUT2D eigenvalue weighted by molar-refractivity contribution is 5.85. The molecule has 0 aromatic heterocycles. The number of nitrogens with two attached hydrogens (primary N) is 1. The first-order chi connectivity index (χ1) is 8.88. The number of hydrogen-bond acceptors (Lipinski definition) is 3. The Bertz CT molecular complexity index is 413. The summed E-state index contributed by atoms with van der Waals surface area (Å²) in [6.45, 7) is 6.84. The largest absolute Gasteiger partial charge is 0.492 e. The van der Waals surface area contributed by atoms with Crippen LogP contribution in [0.25, 0.3) is 0 Å². The zero-order chi connectivity index (χ0) is 14.5. The molecule has 21 heavy (non-hydrogen) atoms. The van der Waals surface area contributed by atoms with Crippen molar-refractivity contribution in [3.05, 3.63) is 23.8 Å². The molecule has 0 saturated heterocycles. The number of nitrogens with zero attached hydrogens (tertiary/aromatic N) is 1. The van der Waals surface area contributed by atoms with E-state index in [0.717, 1.165) is 19.2 Å². The average Bonchev–Trinajstić information content (AvgIpc) is 2.35. The van der Waals surface area contributed by atoms with Crippen LogP contribution in [-0.2, 0) is 6.18 Å². The predicted molar refractivity (Wildman–Crippen MR) is 83.6 cm³/mol. The Labute approximate surface area is 135 Å². The first kappa shape index (κ1) is 22.4. The first-order valence-electron chi connectivity index (χ1n) is 6.20. The molecule has 0 spiro atoms. The van der Waals surface area contributed by atoms with E-state index in [1.54, 1.807) is 0 Å². The topological polar surface area (TPSA) is 38.5 Å². The van der Waals surface area contributed by atoms with Crippen molar-refractivity contribution in [2.24, 2.45) is 0 Å². The number of hydrogen-bond donors (Lipinski definition) is 1. The lowest BCUT2D eigenvalue weighted by Crippen LogP contribution is -2.27. The van der Waals surface area contributed by atoms with E-state index in [1.165, 1.54) is 12.1 Å². The van der Waals surface area contributed by atoms with Gasteiger partial charge in [0, 0.05) is 12.2 Å². The quantitative estimate of drug-likeness (QED) is 0.793. The minimum atomic E-state index is -4.46. The third-order valence-corrected chi connectivity index (χ3v) is 2.90. The highest BCUT2D eigenvalue weighted by atomic mass is 35.5. The van der Waals surface area contributed by atoms with Crippen molar-refractivity contribution in [3.8, 4) is 5.75 Å². The highest BCUT2D eigenvalue weighted by Gasteiger charge is 2.33. The van der Waals surface area contributed by atoms with E-state index < -0.39 is 11.7 Å². The van der Waals surface area contributed by atoms with Crippen LogP contribution in [0.4, 0.5) is 18.9 Å². The summed E-state index contributed by atoms with van der Waals surface area (Å²) in [6.07, 6.45) is -4.46. The first-order valence-corrected chi connectivity index (χ1v) is 6.20.